The Labute approximate surface area is 211 Å². The van der Waals surface area contributed by atoms with Gasteiger partial charge in [-0.25, -0.2) is 8.42 Å². The topological polar surface area (TPSA) is 106 Å². The molecule has 0 bridgehead atoms. The van der Waals surface area contributed by atoms with Gasteiger partial charge in [0.15, 0.2) is 11.5 Å². The first-order chi connectivity index (χ1) is 17.1. The first kappa shape index (κ1) is 26.0. The van der Waals surface area contributed by atoms with Gasteiger partial charge >= 0.3 is 0 Å². The molecular formula is C26H32N2O7S. The Hall–Kier alpha value is -3.08. The first-order valence-corrected chi connectivity index (χ1v) is 13.3. The molecule has 2 aliphatic heterocycles. The number of nitrogens with zero attached hydrogens (tertiary/aromatic N) is 2. The standard InChI is InChI=1S/C26H32N2O7S/c1-5-6-19-7-10-25-23(11-19)35-24(17(2)13-28(18(3)15-29)36(25,31)32)14-27(4)26(30)20-8-9-21-22(12-20)34-16-33-21/h5-12,17-18,24,29H,13-16H2,1-4H3/b6-5+/t17-,18+,24-/m0/s1. The third kappa shape index (κ3) is 5.07. The summed E-state index contributed by atoms with van der Waals surface area (Å²) in [5.74, 6) is 0.843. The molecule has 2 heterocycles. The second-order valence-corrected chi connectivity index (χ2v) is 11.1. The van der Waals surface area contributed by atoms with Crippen molar-refractivity contribution >= 4 is 22.0 Å². The van der Waals surface area contributed by atoms with Crippen LogP contribution in [0, 0.1) is 5.92 Å². The Kier molecular flexibility index (Phi) is 7.58. The monoisotopic (exact) mass is 516 g/mol. The van der Waals surface area contributed by atoms with E-state index in [9.17, 15) is 18.3 Å². The minimum Gasteiger partial charge on any atom is -0.487 e. The fourth-order valence-electron chi connectivity index (χ4n) is 4.36. The lowest BCUT2D eigenvalue weighted by Gasteiger charge is -2.37. The van der Waals surface area contributed by atoms with E-state index in [4.69, 9.17) is 14.2 Å². The Balaban J connectivity index is 1.66. The number of benzene rings is 2. The highest BCUT2D eigenvalue weighted by molar-refractivity contribution is 7.89. The van der Waals surface area contributed by atoms with E-state index < -0.39 is 22.2 Å². The number of hydrogen-bond acceptors (Lipinski definition) is 7. The first-order valence-electron chi connectivity index (χ1n) is 11.9. The molecule has 0 aromatic heterocycles. The number of aliphatic hydroxyl groups excluding tert-OH is 1. The number of allylic oxidation sites excluding steroid dienone is 1. The molecule has 10 heteroatoms. The Morgan fingerprint density at radius 1 is 1.19 bits per heavy atom. The van der Waals surface area contributed by atoms with Gasteiger partial charge in [0.25, 0.3) is 5.91 Å². The number of fused-ring (bicyclic) bond motifs is 2. The number of likely N-dealkylation sites (N-methyl/N-ethyl adjacent to an activating group) is 1. The summed E-state index contributed by atoms with van der Waals surface area (Å²) in [6.07, 6.45) is 3.21. The molecule has 1 amide bonds. The fourth-order valence-corrected chi connectivity index (χ4v) is 6.18. The molecule has 3 atom stereocenters. The third-order valence-corrected chi connectivity index (χ3v) is 8.49. The van der Waals surface area contributed by atoms with Crippen molar-refractivity contribution in [1.29, 1.82) is 0 Å². The molecule has 194 valence electrons. The number of aliphatic hydroxyl groups is 1. The van der Waals surface area contributed by atoms with E-state index in [0.717, 1.165) is 5.56 Å². The van der Waals surface area contributed by atoms with Gasteiger partial charge in [-0.3, -0.25) is 4.79 Å². The summed E-state index contributed by atoms with van der Waals surface area (Å²) in [4.78, 5) is 14.8. The van der Waals surface area contributed by atoms with Crippen LogP contribution in [0.3, 0.4) is 0 Å². The summed E-state index contributed by atoms with van der Waals surface area (Å²) in [5.41, 5.74) is 1.25. The SMILES string of the molecule is C/C=C/c1ccc2c(c1)O[C@@H](CN(C)C(=O)c1ccc3c(c1)OCO3)[C@@H](C)CN([C@H](C)CO)S2(=O)=O. The minimum absolute atomic E-state index is 0.0395. The maximum absolute atomic E-state index is 13.5. The summed E-state index contributed by atoms with van der Waals surface area (Å²) in [6.45, 7) is 5.60. The van der Waals surface area contributed by atoms with Crippen LogP contribution in [0.5, 0.6) is 17.2 Å². The van der Waals surface area contributed by atoms with Crippen LogP contribution < -0.4 is 14.2 Å². The molecule has 36 heavy (non-hydrogen) atoms. The van der Waals surface area contributed by atoms with Crippen molar-refractivity contribution in [2.24, 2.45) is 5.92 Å². The zero-order valence-electron chi connectivity index (χ0n) is 20.9. The van der Waals surface area contributed by atoms with Gasteiger partial charge in [0.1, 0.15) is 16.7 Å². The van der Waals surface area contributed by atoms with Crippen LogP contribution in [-0.2, 0) is 10.0 Å². The number of hydrogen-bond donors (Lipinski definition) is 1. The molecule has 1 N–H and O–H groups in total. The lowest BCUT2D eigenvalue weighted by atomic mass is 10.0. The molecule has 0 saturated heterocycles. The zero-order chi connectivity index (χ0) is 26.0. The van der Waals surface area contributed by atoms with Crippen molar-refractivity contribution < 1.29 is 32.5 Å². The average molecular weight is 517 g/mol. The van der Waals surface area contributed by atoms with E-state index in [0.29, 0.717) is 17.1 Å². The molecule has 0 radical (unpaired) electrons. The van der Waals surface area contributed by atoms with E-state index in [1.54, 1.807) is 49.2 Å². The van der Waals surface area contributed by atoms with Gasteiger partial charge in [0.05, 0.1) is 13.2 Å². The van der Waals surface area contributed by atoms with E-state index in [-0.39, 0.29) is 49.0 Å². The lowest BCUT2D eigenvalue weighted by Crippen LogP contribution is -2.50. The number of carbonyl (C=O) groups excluding carboxylic acids is 1. The number of carbonyl (C=O) groups is 1. The molecule has 2 aromatic rings. The largest absolute Gasteiger partial charge is 0.487 e. The van der Waals surface area contributed by atoms with Crippen LogP contribution in [0.4, 0.5) is 0 Å². The third-order valence-electron chi connectivity index (χ3n) is 6.47. The van der Waals surface area contributed by atoms with Crippen molar-refractivity contribution in [3.05, 3.63) is 53.6 Å². The van der Waals surface area contributed by atoms with Crippen LogP contribution in [0.2, 0.25) is 0 Å². The minimum atomic E-state index is -3.92. The van der Waals surface area contributed by atoms with Gasteiger partial charge in [0.2, 0.25) is 16.8 Å². The van der Waals surface area contributed by atoms with Crippen LogP contribution >= 0.6 is 0 Å². The van der Waals surface area contributed by atoms with E-state index in [1.165, 1.54) is 10.4 Å². The molecule has 0 aliphatic carbocycles. The van der Waals surface area contributed by atoms with Gasteiger partial charge in [-0.1, -0.05) is 25.1 Å². The number of rotatable bonds is 6. The maximum atomic E-state index is 13.5. The molecule has 0 saturated carbocycles. The number of sulfonamides is 1. The predicted molar refractivity (Wildman–Crippen MR) is 135 cm³/mol. The van der Waals surface area contributed by atoms with Gasteiger partial charge in [-0.2, -0.15) is 4.31 Å². The highest BCUT2D eigenvalue weighted by Gasteiger charge is 2.38. The number of amides is 1. The summed E-state index contributed by atoms with van der Waals surface area (Å²) in [7, 11) is -2.23. The van der Waals surface area contributed by atoms with Crippen molar-refractivity contribution in [3.8, 4) is 17.2 Å². The number of ether oxygens (including phenoxy) is 3. The summed E-state index contributed by atoms with van der Waals surface area (Å²) < 4.78 is 45.4. The lowest BCUT2D eigenvalue weighted by molar-refractivity contribution is 0.0563. The summed E-state index contributed by atoms with van der Waals surface area (Å²) in [6, 6.07) is 9.37. The van der Waals surface area contributed by atoms with Crippen LogP contribution in [0.15, 0.2) is 47.4 Å². The zero-order valence-corrected chi connectivity index (χ0v) is 21.7. The van der Waals surface area contributed by atoms with Crippen molar-refractivity contribution in [2.45, 2.75) is 37.8 Å². The van der Waals surface area contributed by atoms with Crippen molar-refractivity contribution in [2.75, 3.05) is 33.5 Å². The normalized spacial score (nSPS) is 21.8. The highest BCUT2D eigenvalue weighted by Crippen LogP contribution is 2.35. The van der Waals surface area contributed by atoms with Gasteiger partial charge in [-0.15, -0.1) is 0 Å². The predicted octanol–water partition coefficient (Wildman–Crippen LogP) is 2.99. The smallest absolute Gasteiger partial charge is 0.253 e. The summed E-state index contributed by atoms with van der Waals surface area (Å²) >= 11 is 0. The van der Waals surface area contributed by atoms with Crippen LogP contribution in [0.1, 0.15) is 36.7 Å². The second-order valence-electron chi connectivity index (χ2n) is 9.20. The Morgan fingerprint density at radius 2 is 1.94 bits per heavy atom. The molecule has 2 aromatic carbocycles. The second kappa shape index (κ2) is 10.5. The van der Waals surface area contributed by atoms with E-state index in [2.05, 4.69) is 0 Å². The Bertz CT molecular complexity index is 1260. The summed E-state index contributed by atoms with van der Waals surface area (Å²) in [5, 5.41) is 9.79. The van der Waals surface area contributed by atoms with Crippen molar-refractivity contribution in [3.63, 3.8) is 0 Å². The van der Waals surface area contributed by atoms with Crippen LogP contribution in [0.25, 0.3) is 6.08 Å². The van der Waals surface area contributed by atoms with Gasteiger partial charge < -0.3 is 24.2 Å². The van der Waals surface area contributed by atoms with Gasteiger partial charge in [0, 0.05) is 31.1 Å². The maximum Gasteiger partial charge on any atom is 0.253 e. The molecule has 2 aliphatic rings. The quantitative estimate of drug-likeness (QED) is 0.629. The molecular weight excluding hydrogens is 484 g/mol. The molecule has 0 fully saturated rings. The van der Waals surface area contributed by atoms with Crippen molar-refractivity contribution in [1.82, 2.24) is 9.21 Å². The molecule has 0 unspecified atom stereocenters. The van der Waals surface area contributed by atoms with Gasteiger partial charge in [-0.05, 0) is 49.7 Å². The molecule has 4 rings (SSSR count). The van der Waals surface area contributed by atoms with E-state index >= 15 is 0 Å². The van der Waals surface area contributed by atoms with Crippen LogP contribution in [-0.4, -0.2) is 74.3 Å². The van der Waals surface area contributed by atoms with E-state index in [1.807, 2.05) is 26.0 Å². The highest BCUT2D eigenvalue weighted by atomic mass is 32.2. The average Bonchev–Trinajstić information content (AvgIpc) is 3.33. The molecule has 0 spiro atoms. The molecule has 9 nitrogen and oxygen atoms in total. The fraction of sp³-hybridized carbons (Fsp3) is 0.423. The Morgan fingerprint density at radius 3 is 2.67 bits per heavy atom.